The van der Waals surface area contributed by atoms with Crippen LogP contribution in [0, 0.1) is 0 Å². The van der Waals surface area contributed by atoms with Crippen LogP contribution in [0.2, 0.25) is 0 Å². The Morgan fingerprint density at radius 2 is 2.14 bits per heavy atom. The second-order valence-electron chi connectivity index (χ2n) is 4.42. The van der Waals surface area contributed by atoms with Gasteiger partial charge in [0.05, 0.1) is 6.04 Å². The Bertz CT molecular complexity index is 179. The molecular weight excluding hydrogens is 174 g/mol. The molecule has 0 aromatic rings. The summed E-state index contributed by atoms with van der Waals surface area (Å²) in [6.45, 7) is 3.30. The molecule has 0 unspecified atom stereocenters. The summed E-state index contributed by atoms with van der Waals surface area (Å²) in [6, 6.07) is 0.237. The van der Waals surface area contributed by atoms with Gasteiger partial charge in [-0.25, -0.2) is 0 Å². The lowest BCUT2D eigenvalue weighted by atomic mass is 9.93. The van der Waals surface area contributed by atoms with Gasteiger partial charge in [0, 0.05) is 6.42 Å². The molecule has 14 heavy (non-hydrogen) atoms. The second-order valence-corrected chi connectivity index (χ2v) is 4.42. The molecule has 0 aliphatic heterocycles. The molecule has 2 nitrogen and oxygen atoms in total. The van der Waals surface area contributed by atoms with Gasteiger partial charge in [-0.05, 0) is 32.9 Å². The van der Waals surface area contributed by atoms with Crippen LogP contribution in [0.3, 0.4) is 0 Å². The molecule has 0 aromatic heterocycles. The Morgan fingerprint density at radius 1 is 1.36 bits per heavy atom. The fraction of sp³-hybridized carbons (Fsp3) is 0.917. The Morgan fingerprint density at radius 3 is 2.79 bits per heavy atom. The summed E-state index contributed by atoms with van der Waals surface area (Å²) in [4.78, 5) is 13.9. The Hall–Kier alpha value is -0.370. The second kappa shape index (κ2) is 6.18. The molecular formula is C12H23NO. The number of hydrogen-bond donors (Lipinski definition) is 0. The number of hydrogen-bond acceptors (Lipinski definition) is 2. The molecule has 1 atom stereocenters. The molecule has 0 radical (unpaired) electrons. The lowest BCUT2D eigenvalue weighted by Gasteiger charge is -2.29. The molecule has 0 amide bonds. The number of nitrogens with zero attached hydrogens (tertiary/aromatic N) is 1. The topological polar surface area (TPSA) is 20.3 Å². The van der Waals surface area contributed by atoms with E-state index in [0.29, 0.717) is 5.78 Å². The molecule has 1 rings (SSSR count). The highest BCUT2D eigenvalue weighted by Gasteiger charge is 2.25. The van der Waals surface area contributed by atoms with E-state index in [1.807, 2.05) is 0 Å². The standard InChI is InChI=1S/C12H23NO/c1-3-4-7-10-13(2)11-8-5-6-9-12(11)14/h11H,3-10H2,1-2H3/t11-/m0/s1. The third-order valence-corrected chi connectivity index (χ3v) is 3.17. The maximum Gasteiger partial charge on any atom is 0.149 e. The van der Waals surface area contributed by atoms with Crippen LogP contribution in [0.15, 0.2) is 0 Å². The number of rotatable bonds is 5. The first kappa shape index (κ1) is 11.7. The van der Waals surface area contributed by atoms with Crippen LogP contribution in [0.5, 0.6) is 0 Å². The first-order valence-electron chi connectivity index (χ1n) is 5.98. The van der Waals surface area contributed by atoms with Crippen molar-refractivity contribution in [3.8, 4) is 0 Å². The van der Waals surface area contributed by atoms with Gasteiger partial charge in [0.25, 0.3) is 0 Å². The van der Waals surface area contributed by atoms with E-state index in [1.165, 1.54) is 25.7 Å². The molecule has 1 aliphatic rings. The van der Waals surface area contributed by atoms with Gasteiger partial charge in [0.1, 0.15) is 5.78 Å². The number of unbranched alkanes of at least 4 members (excludes halogenated alkanes) is 2. The molecule has 1 aliphatic carbocycles. The van der Waals surface area contributed by atoms with Crippen molar-refractivity contribution < 1.29 is 4.79 Å². The minimum absolute atomic E-state index is 0.237. The summed E-state index contributed by atoms with van der Waals surface area (Å²) in [7, 11) is 2.10. The van der Waals surface area contributed by atoms with Crippen LogP contribution >= 0.6 is 0 Å². The van der Waals surface area contributed by atoms with E-state index < -0.39 is 0 Å². The summed E-state index contributed by atoms with van der Waals surface area (Å²) in [5.74, 6) is 0.468. The van der Waals surface area contributed by atoms with Crippen molar-refractivity contribution in [2.75, 3.05) is 13.6 Å². The van der Waals surface area contributed by atoms with Gasteiger partial charge in [0.15, 0.2) is 0 Å². The largest absolute Gasteiger partial charge is 0.298 e. The van der Waals surface area contributed by atoms with Gasteiger partial charge in [0.2, 0.25) is 0 Å². The molecule has 0 heterocycles. The van der Waals surface area contributed by atoms with Gasteiger partial charge >= 0.3 is 0 Å². The Kier molecular flexibility index (Phi) is 5.16. The van der Waals surface area contributed by atoms with Crippen molar-refractivity contribution in [2.24, 2.45) is 0 Å². The van der Waals surface area contributed by atoms with E-state index in [0.717, 1.165) is 25.8 Å². The van der Waals surface area contributed by atoms with Gasteiger partial charge in [-0.15, -0.1) is 0 Å². The molecule has 0 aromatic carbocycles. The van der Waals surface area contributed by atoms with E-state index in [9.17, 15) is 4.79 Å². The maximum atomic E-state index is 11.6. The monoisotopic (exact) mass is 197 g/mol. The maximum absolute atomic E-state index is 11.6. The zero-order valence-corrected chi connectivity index (χ0v) is 9.59. The van der Waals surface area contributed by atoms with Gasteiger partial charge in [-0.2, -0.15) is 0 Å². The number of carbonyl (C=O) groups is 1. The van der Waals surface area contributed by atoms with Crippen LogP contribution in [-0.4, -0.2) is 30.3 Å². The summed E-state index contributed by atoms with van der Waals surface area (Å²) in [5.41, 5.74) is 0. The third-order valence-electron chi connectivity index (χ3n) is 3.17. The smallest absolute Gasteiger partial charge is 0.149 e. The van der Waals surface area contributed by atoms with Crippen molar-refractivity contribution in [1.82, 2.24) is 4.90 Å². The molecule has 0 N–H and O–H groups in total. The lowest BCUT2D eigenvalue weighted by Crippen LogP contribution is -2.40. The van der Waals surface area contributed by atoms with Gasteiger partial charge < -0.3 is 0 Å². The van der Waals surface area contributed by atoms with Crippen LogP contribution in [-0.2, 0) is 4.79 Å². The van der Waals surface area contributed by atoms with Crippen molar-refractivity contribution in [3.63, 3.8) is 0 Å². The summed E-state index contributed by atoms with van der Waals surface area (Å²) < 4.78 is 0. The highest BCUT2D eigenvalue weighted by molar-refractivity contribution is 5.84. The number of Topliss-reactive ketones (excluding diaryl/α,β-unsaturated/α-hetero) is 1. The normalized spacial score (nSPS) is 23.1. The van der Waals surface area contributed by atoms with Crippen molar-refractivity contribution in [2.45, 2.75) is 57.9 Å². The predicted molar refractivity (Wildman–Crippen MR) is 59.4 cm³/mol. The van der Waals surface area contributed by atoms with E-state index in [4.69, 9.17) is 0 Å². The molecule has 1 saturated carbocycles. The highest BCUT2D eigenvalue weighted by atomic mass is 16.1. The third kappa shape index (κ3) is 3.41. The number of ketones is 1. The van der Waals surface area contributed by atoms with Crippen LogP contribution in [0.4, 0.5) is 0 Å². The fourth-order valence-electron chi connectivity index (χ4n) is 2.20. The number of carbonyl (C=O) groups excluding carboxylic acids is 1. The summed E-state index contributed by atoms with van der Waals surface area (Å²) in [5, 5.41) is 0. The zero-order valence-electron chi connectivity index (χ0n) is 9.59. The summed E-state index contributed by atoms with van der Waals surface area (Å²) in [6.07, 6.45) is 8.01. The van der Waals surface area contributed by atoms with Crippen LogP contribution in [0.25, 0.3) is 0 Å². The minimum atomic E-state index is 0.237. The molecule has 82 valence electrons. The SMILES string of the molecule is CCCCCN(C)[C@H]1CCCCC1=O. The Balaban J connectivity index is 2.27. The average Bonchev–Trinajstić information content (AvgIpc) is 2.18. The molecule has 0 saturated heterocycles. The lowest BCUT2D eigenvalue weighted by molar-refractivity contribution is -0.125. The van der Waals surface area contributed by atoms with Crippen LogP contribution in [0.1, 0.15) is 51.9 Å². The van der Waals surface area contributed by atoms with Gasteiger partial charge in [-0.3, -0.25) is 9.69 Å². The quantitative estimate of drug-likeness (QED) is 0.631. The first-order chi connectivity index (χ1) is 6.75. The van der Waals surface area contributed by atoms with Crippen molar-refractivity contribution >= 4 is 5.78 Å². The van der Waals surface area contributed by atoms with Gasteiger partial charge in [-0.1, -0.05) is 26.2 Å². The van der Waals surface area contributed by atoms with E-state index >= 15 is 0 Å². The highest BCUT2D eigenvalue weighted by Crippen LogP contribution is 2.19. The fourth-order valence-corrected chi connectivity index (χ4v) is 2.20. The van der Waals surface area contributed by atoms with Crippen LogP contribution < -0.4 is 0 Å². The van der Waals surface area contributed by atoms with Crippen molar-refractivity contribution in [1.29, 1.82) is 0 Å². The molecule has 2 heteroatoms. The van der Waals surface area contributed by atoms with E-state index in [-0.39, 0.29) is 6.04 Å². The molecule has 0 spiro atoms. The zero-order chi connectivity index (χ0) is 10.4. The average molecular weight is 197 g/mol. The number of likely N-dealkylation sites (N-methyl/N-ethyl adjacent to an activating group) is 1. The molecule has 0 bridgehead atoms. The first-order valence-corrected chi connectivity index (χ1v) is 5.98. The van der Waals surface area contributed by atoms with E-state index in [2.05, 4.69) is 18.9 Å². The van der Waals surface area contributed by atoms with Crippen molar-refractivity contribution in [3.05, 3.63) is 0 Å². The minimum Gasteiger partial charge on any atom is -0.298 e. The molecule has 1 fully saturated rings. The summed E-state index contributed by atoms with van der Waals surface area (Å²) >= 11 is 0. The Labute approximate surface area is 87.7 Å². The predicted octanol–water partition coefficient (Wildman–Crippen LogP) is 2.62. The van der Waals surface area contributed by atoms with E-state index in [1.54, 1.807) is 0 Å².